The third kappa shape index (κ3) is 1.35. The van der Waals surface area contributed by atoms with Gasteiger partial charge in [-0.05, 0) is 0 Å². The van der Waals surface area contributed by atoms with Crippen molar-refractivity contribution in [2.75, 3.05) is 0 Å². The van der Waals surface area contributed by atoms with Gasteiger partial charge in [-0.25, -0.2) is 0 Å². The molecule has 1 aromatic rings. The van der Waals surface area contributed by atoms with Crippen molar-refractivity contribution in [2.24, 2.45) is 0 Å². The maximum absolute atomic E-state index is 3.77. The Balaban J connectivity index is 3.12. The summed E-state index contributed by atoms with van der Waals surface area (Å²) >= 11 is 6.68. The van der Waals surface area contributed by atoms with E-state index < -0.39 is 0 Å². The number of halogens is 2. The SMILES string of the molecule is Brc1nn[se]c1Br. The van der Waals surface area contributed by atoms with Crippen LogP contribution in [-0.4, -0.2) is 23.9 Å². The summed E-state index contributed by atoms with van der Waals surface area (Å²) in [5.41, 5.74) is 0. The molecule has 0 fully saturated rings. The van der Waals surface area contributed by atoms with E-state index in [1.54, 1.807) is 0 Å². The van der Waals surface area contributed by atoms with Crippen LogP contribution in [0, 0.1) is 0 Å². The second kappa shape index (κ2) is 2.40. The van der Waals surface area contributed by atoms with Crippen molar-refractivity contribution < 1.29 is 0 Å². The van der Waals surface area contributed by atoms with E-state index in [1.807, 2.05) is 0 Å². The van der Waals surface area contributed by atoms with Crippen molar-refractivity contribution in [3.63, 3.8) is 0 Å². The van der Waals surface area contributed by atoms with Crippen LogP contribution >= 0.6 is 31.9 Å². The van der Waals surface area contributed by atoms with Gasteiger partial charge in [0.1, 0.15) is 0 Å². The molecular weight excluding hydrogens is 291 g/mol. The number of rotatable bonds is 0. The summed E-state index contributed by atoms with van der Waals surface area (Å²) in [5, 5.41) is 3.72. The van der Waals surface area contributed by atoms with Crippen LogP contribution in [-0.2, 0) is 0 Å². The first-order valence-corrected chi connectivity index (χ1v) is 4.65. The molecule has 38 valence electrons. The van der Waals surface area contributed by atoms with Gasteiger partial charge < -0.3 is 0 Å². The molecule has 0 spiro atoms. The van der Waals surface area contributed by atoms with Gasteiger partial charge >= 0.3 is 63.7 Å². The fraction of sp³-hybridized carbons (Fsp3) is 0. The van der Waals surface area contributed by atoms with Gasteiger partial charge in [0.05, 0.1) is 0 Å². The molecule has 0 atom stereocenters. The summed E-state index contributed by atoms with van der Waals surface area (Å²) in [6, 6.07) is 0. The van der Waals surface area contributed by atoms with Crippen LogP contribution in [0.4, 0.5) is 0 Å². The van der Waals surface area contributed by atoms with E-state index in [0.717, 1.165) is 7.95 Å². The van der Waals surface area contributed by atoms with Crippen molar-refractivity contribution in [3.05, 3.63) is 7.95 Å². The predicted octanol–water partition coefficient (Wildman–Crippen LogP) is 1.06. The minimum atomic E-state index is 0.207. The van der Waals surface area contributed by atoms with E-state index in [1.165, 1.54) is 0 Å². The fourth-order valence-electron chi connectivity index (χ4n) is 0.169. The summed E-state index contributed by atoms with van der Waals surface area (Å²) in [6.07, 6.45) is 0. The Bertz CT molecular complexity index is 146. The van der Waals surface area contributed by atoms with E-state index in [2.05, 4.69) is 41.1 Å². The van der Waals surface area contributed by atoms with E-state index in [4.69, 9.17) is 0 Å². The Morgan fingerprint density at radius 2 is 2.14 bits per heavy atom. The molecule has 0 N–H and O–H groups in total. The molecule has 1 aromatic heterocycles. The summed E-state index contributed by atoms with van der Waals surface area (Å²) in [6.45, 7) is 0. The van der Waals surface area contributed by atoms with Crippen LogP contribution in [0.3, 0.4) is 0 Å². The molecule has 0 aliphatic heterocycles. The number of aromatic nitrogens is 2. The number of nitrogens with zero attached hydrogens (tertiary/aromatic N) is 2. The van der Waals surface area contributed by atoms with E-state index >= 15 is 0 Å². The molecular formula is C2Br2N2Se. The molecule has 0 aliphatic rings. The topological polar surface area (TPSA) is 25.8 Å². The second-order valence-electron chi connectivity index (χ2n) is 0.837. The quantitative estimate of drug-likeness (QED) is 0.668. The standard InChI is InChI=1S/C2Br2N2Se/c3-1-2(4)7-6-5-1. The maximum atomic E-state index is 3.77. The van der Waals surface area contributed by atoms with Gasteiger partial charge in [-0.1, -0.05) is 0 Å². The van der Waals surface area contributed by atoms with Crippen molar-refractivity contribution >= 4 is 46.6 Å². The van der Waals surface area contributed by atoms with Gasteiger partial charge in [-0.3, -0.25) is 0 Å². The second-order valence-corrected chi connectivity index (χ2v) is 5.14. The summed E-state index contributed by atoms with van der Waals surface area (Å²) in [5.74, 6) is 0. The molecule has 1 heterocycles. The first-order chi connectivity index (χ1) is 3.30. The summed E-state index contributed by atoms with van der Waals surface area (Å²) in [4.78, 5) is 0. The first kappa shape index (κ1) is 5.95. The Labute approximate surface area is 63.6 Å². The predicted molar refractivity (Wildman–Crippen MR) is 34.4 cm³/mol. The average Bonchev–Trinajstić information content (AvgIpc) is 1.91. The average molecular weight is 291 g/mol. The molecule has 7 heavy (non-hydrogen) atoms. The van der Waals surface area contributed by atoms with Crippen molar-refractivity contribution in [1.82, 2.24) is 9.19 Å². The zero-order valence-corrected chi connectivity index (χ0v) is 7.94. The summed E-state index contributed by atoms with van der Waals surface area (Å²) < 4.78 is 5.69. The Morgan fingerprint density at radius 1 is 1.43 bits per heavy atom. The fourth-order valence-corrected chi connectivity index (χ4v) is 1.93. The van der Waals surface area contributed by atoms with E-state index in [-0.39, 0.29) is 14.7 Å². The molecule has 0 aliphatic carbocycles. The van der Waals surface area contributed by atoms with Crippen LogP contribution in [0.1, 0.15) is 0 Å². The minimum absolute atomic E-state index is 0.207. The Morgan fingerprint density at radius 3 is 2.29 bits per heavy atom. The molecule has 0 amide bonds. The molecule has 0 saturated heterocycles. The molecule has 0 bridgehead atoms. The normalized spacial score (nSPS) is 9.43. The van der Waals surface area contributed by atoms with Gasteiger partial charge in [0.25, 0.3) is 0 Å². The number of hydrogen-bond acceptors (Lipinski definition) is 2. The van der Waals surface area contributed by atoms with Crippen molar-refractivity contribution in [2.45, 2.75) is 0 Å². The summed E-state index contributed by atoms with van der Waals surface area (Å²) in [7, 11) is 0. The van der Waals surface area contributed by atoms with Crippen LogP contribution in [0.2, 0.25) is 0 Å². The molecule has 0 saturated carbocycles. The Kier molecular flexibility index (Phi) is 2.04. The van der Waals surface area contributed by atoms with Crippen LogP contribution < -0.4 is 0 Å². The third-order valence-corrected chi connectivity index (χ3v) is 4.30. The van der Waals surface area contributed by atoms with Crippen LogP contribution in [0.5, 0.6) is 0 Å². The van der Waals surface area contributed by atoms with Gasteiger partial charge in [0.15, 0.2) is 0 Å². The van der Waals surface area contributed by atoms with Crippen LogP contribution in [0.15, 0.2) is 7.95 Å². The number of hydrogen-bond donors (Lipinski definition) is 0. The van der Waals surface area contributed by atoms with Crippen molar-refractivity contribution in [3.8, 4) is 0 Å². The van der Waals surface area contributed by atoms with E-state index in [0.29, 0.717) is 0 Å². The van der Waals surface area contributed by atoms with Gasteiger partial charge in [0.2, 0.25) is 0 Å². The molecule has 0 radical (unpaired) electrons. The van der Waals surface area contributed by atoms with Crippen LogP contribution in [0.25, 0.3) is 0 Å². The Hall–Kier alpha value is 0.819. The third-order valence-electron chi connectivity index (χ3n) is 0.412. The van der Waals surface area contributed by atoms with Gasteiger partial charge in [-0.15, -0.1) is 0 Å². The van der Waals surface area contributed by atoms with Gasteiger partial charge in [-0.2, -0.15) is 0 Å². The van der Waals surface area contributed by atoms with E-state index in [9.17, 15) is 0 Å². The molecule has 5 heteroatoms. The van der Waals surface area contributed by atoms with Crippen molar-refractivity contribution in [1.29, 1.82) is 0 Å². The zero-order valence-electron chi connectivity index (χ0n) is 3.06. The zero-order chi connectivity index (χ0) is 5.28. The molecule has 2 nitrogen and oxygen atoms in total. The molecule has 0 unspecified atom stereocenters. The monoisotopic (exact) mass is 290 g/mol. The van der Waals surface area contributed by atoms with Gasteiger partial charge in [0, 0.05) is 0 Å². The molecule has 0 aromatic carbocycles. The molecule has 1 rings (SSSR count). The first-order valence-electron chi connectivity index (χ1n) is 1.44.